The van der Waals surface area contributed by atoms with Crippen molar-refractivity contribution in [2.45, 2.75) is 44.8 Å². The quantitative estimate of drug-likeness (QED) is 0.832. The summed E-state index contributed by atoms with van der Waals surface area (Å²) in [6.45, 7) is 4.47. The Bertz CT molecular complexity index is 617. The Morgan fingerprint density at radius 2 is 2.04 bits per heavy atom. The monoisotopic (exact) mass is 332 g/mol. The molecule has 3 aliphatic rings. The number of pyridine rings is 1. The molecule has 2 aliphatic heterocycles. The number of anilines is 1. The standard InChI is InChI=1S/C18H24N2O4/c1-13-10-15-17(19-12-13)22-7-6-20(15)16(21)11-14-2-4-18(5-3-14)23-8-9-24-18/h10,12,14H,2-9,11H2,1H3. The van der Waals surface area contributed by atoms with Crippen LogP contribution in [0.4, 0.5) is 5.69 Å². The molecule has 24 heavy (non-hydrogen) atoms. The van der Waals surface area contributed by atoms with Crippen LogP contribution in [0.2, 0.25) is 0 Å². The molecule has 0 N–H and O–H groups in total. The third-order valence-electron chi connectivity index (χ3n) is 5.26. The highest BCUT2D eigenvalue weighted by Gasteiger charge is 2.41. The zero-order valence-corrected chi connectivity index (χ0v) is 14.1. The Hall–Kier alpha value is -1.66. The summed E-state index contributed by atoms with van der Waals surface area (Å²) in [6, 6.07) is 1.98. The van der Waals surface area contributed by atoms with Gasteiger partial charge in [0.2, 0.25) is 11.8 Å². The minimum atomic E-state index is -0.355. The predicted octanol–water partition coefficient (Wildman–Crippen LogP) is 2.44. The molecule has 6 heteroatoms. The van der Waals surface area contributed by atoms with E-state index in [4.69, 9.17) is 14.2 Å². The molecule has 1 aromatic rings. The van der Waals surface area contributed by atoms with Gasteiger partial charge in [0.05, 0.1) is 19.8 Å². The lowest BCUT2D eigenvalue weighted by Crippen LogP contribution is -2.40. The number of amides is 1. The van der Waals surface area contributed by atoms with Gasteiger partial charge in [-0.15, -0.1) is 0 Å². The summed E-state index contributed by atoms with van der Waals surface area (Å²) in [7, 11) is 0. The van der Waals surface area contributed by atoms with E-state index in [9.17, 15) is 4.79 Å². The zero-order chi connectivity index (χ0) is 16.6. The number of fused-ring (bicyclic) bond motifs is 1. The maximum atomic E-state index is 12.8. The molecule has 0 bridgehead atoms. The van der Waals surface area contributed by atoms with E-state index in [0.717, 1.165) is 36.9 Å². The van der Waals surface area contributed by atoms with Crippen molar-refractivity contribution in [3.8, 4) is 5.88 Å². The lowest BCUT2D eigenvalue weighted by atomic mass is 9.83. The largest absolute Gasteiger partial charge is 0.474 e. The molecule has 0 aromatic carbocycles. The van der Waals surface area contributed by atoms with E-state index in [1.54, 1.807) is 6.20 Å². The third kappa shape index (κ3) is 3.00. The second-order valence-electron chi connectivity index (χ2n) is 6.99. The number of hydrogen-bond donors (Lipinski definition) is 0. The van der Waals surface area contributed by atoms with Gasteiger partial charge >= 0.3 is 0 Å². The molecule has 1 aliphatic carbocycles. The molecule has 6 nitrogen and oxygen atoms in total. The molecule has 0 unspecified atom stereocenters. The van der Waals surface area contributed by atoms with Crippen LogP contribution in [0, 0.1) is 12.8 Å². The summed E-state index contributed by atoms with van der Waals surface area (Å²) in [6.07, 6.45) is 6.10. The van der Waals surface area contributed by atoms with Crippen LogP contribution in [-0.2, 0) is 14.3 Å². The average molecular weight is 332 g/mol. The Morgan fingerprint density at radius 3 is 2.79 bits per heavy atom. The normalized spacial score (nSPS) is 23.1. The number of rotatable bonds is 2. The van der Waals surface area contributed by atoms with Crippen molar-refractivity contribution in [1.82, 2.24) is 4.98 Å². The molecule has 3 heterocycles. The maximum Gasteiger partial charge on any atom is 0.238 e. The molecule has 1 saturated carbocycles. The lowest BCUT2D eigenvalue weighted by molar-refractivity contribution is -0.183. The van der Waals surface area contributed by atoms with Gasteiger partial charge in [-0.05, 0) is 37.3 Å². The van der Waals surface area contributed by atoms with Crippen LogP contribution in [-0.4, -0.2) is 43.0 Å². The van der Waals surface area contributed by atoms with E-state index in [1.807, 2.05) is 17.9 Å². The minimum Gasteiger partial charge on any atom is -0.474 e. The highest BCUT2D eigenvalue weighted by Crippen LogP contribution is 2.40. The van der Waals surface area contributed by atoms with E-state index >= 15 is 0 Å². The van der Waals surface area contributed by atoms with Crippen LogP contribution in [0.5, 0.6) is 5.88 Å². The van der Waals surface area contributed by atoms with Crippen LogP contribution < -0.4 is 9.64 Å². The summed E-state index contributed by atoms with van der Waals surface area (Å²) in [5, 5.41) is 0. The van der Waals surface area contributed by atoms with E-state index in [0.29, 0.717) is 44.6 Å². The van der Waals surface area contributed by atoms with Crippen molar-refractivity contribution >= 4 is 11.6 Å². The third-order valence-corrected chi connectivity index (χ3v) is 5.26. The SMILES string of the molecule is Cc1cnc2c(c1)N(C(=O)CC1CCC3(CC1)OCCO3)CCO2. The summed E-state index contributed by atoms with van der Waals surface area (Å²) < 4.78 is 17.1. The van der Waals surface area contributed by atoms with Crippen molar-refractivity contribution in [3.63, 3.8) is 0 Å². The summed E-state index contributed by atoms with van der Waals surface area (Å²) in [4.78, 5) is 19.0. The number of carbonyl (C=O) groups excluding carboxylic acids is 1. The number of hydrogen-bond acceptors (Lipinski definition) is 5. The molecular formula is C18H24N2O4. The summed E-state index contributed by atoms with van der Waals surface area (Å²) in [5.41, 5.74) is 1.84. The predicted molar refractivity (Wildman–Crippen MR) is 88.0 cm³/mol. The zero-order valence-electron chi connectivity index (χ0n) is 14.1. The molecule has 1 aromatic heterocycles. The van der Waals surface area contributed by atoms with Gasteiger partial charge in [-0.2, -0.15) is 0 Å². The van der Waals surface area contributed by atoms with E-state index in [-0.39, 0.29) is 11.7 Å². The fraction of sp³-hybridized carbons (Fsp3) is 0.667. The van der Waals surface area contributed by atoms with Gasteiger partial charge in [-0.3, -0.25) is 4.79 Å². The fourth-order valence-electron chi connectivity index (χ4n) is 3.92. The Balaban J connectivity index is 1.40. The highest BCUT2D eigenvalue weighted by molar-refractivity contribution is 5.95. The van der Waals surface area contributed by atoms with E-state index < -0.39 is 0 Å². The molecule has 0 radical (unpaired) electrons. The molecule has 130 valence electrons. The number of ether oxygens (including phenoxy) is 3. The van der Waals surface area contributed by atoms with Crippen molar-refractivity contribution < 1.29 is 19.0 Å². The van der Waals surface area contributed by atoms with Gasteiger partial charge in [-0.1, -0.05) is 0 Å². The Labute approximate surface area is 142 Å². The molecule has 1 saturated heterocycles. The first-order valence-electron chi connectivity index (χ1n) is 8.83. The Kier molecular flexibility index (Phi) is 4.18. The molecule has 1 spiro atoms. The van der Waals surface area contributed by atoms with Crippen molar-refractivity contribution in [2.75, 3.05) is 31.3 Å². The molecule has 4 rings (SSSR count). The molecule has 2 fully saturated rings. The van der Waals surface area contributed by atoms with Crippen LogP contribution in [0.25, 0.3) is 0 Å². The van der Waals surface area contributed by atoms with Crippen LogP contribution in [0.15, 0.2) is 12.3 Å². The molecule has 0 atom stereocenters. The fourth-order valence-corrected chi connectivity index (χ4v) is 3.92. The van der Waals surface area contributed by atoms with Crippen molar-refractivity contribution in [2.24, 2.45) is 5.92 Å². The van der Waals surface area contributed by atoms with E-state index in [1.165, 1.54) is 0 Å². The first-order valence-corrected chi connectivity index (χ1v) is 8.83. The summed E-state index contributed by atoms with van der Waals surface area (Å²) >= 11 is 0. The second-order valence-corrected chi connectivity index (χ2v) is 6.99. The van der Waals surface area contributed by atoms with Gasteiger partial charge in [0, 0.05) is 25.5 Å². The minimum absolute atomic E-state index is 0.168. The van der Waals surface area contributed by atoms with Gasteiger partial charge in [-0.25, -0.2) is 4.98 Å². The second kappa shape index (κ2) is 6.33. The number of nitrogens with zero attached hydrogens (tertiary/aromatic N) is 2. The van der Waals surface area contributed by atoms with Gasteiger partial charge in [0.25, 0.3) is 0 Å². The van der Waals surface area contributed by atoms with Crippen LogP contribution in [0.3, 0.4) is 0 Å². The van der Waals surface area contributed by atoms with Gasteiger partial charge in [0.1, 0.15) is 12.3 Å². The van der Waals surface area contributed by atoms with E-state index in [2.05, 4.69) is 4.98 Å². The summed E-state index contributed by atoms with van der Waals surface area (Å²) in [5.74, 6) is 0.781. The van der Waals surface area contributed by atoms with Crippen molar-refractivity contribution in [3.05, 3.63) is 17.8 Å². The number of aromatic nitrogens is 1. The van der Waals surface area contributed by atoms with Crippen LogP contribution in [0.1, 0.15) is 37.7 Å². The van der Waals surface area contributed by atoms with Gasteiger partial charge in [0.15, 0.2) is 5.79 Å². The average Bonchev–Trinajstić information content (AvgIpc) is 3.05. The first-order chi connectivity index (χ1) is 11.7. The van der Waals surface area contributed by atoms with Crippen LogP contribution >= 0.6 is 0 Å². The maximum absolute atomic E-state index is 12.8. The first kappa shape index (κ1) is 15.8. The topological polar surface area (TPSA) is 60.9 Å². The smallest absolute Gasteiger partial charge is 0.238 e. The lowest BCUT2D eigenvalue weighted by Gasteiger charge is -2.36. The molecular weight excluding hydrogens is 308 g/mol. The molecule has 1 amide bonds. The number of carbonyl (C=O) groups is 1. The highest BCUT2D eigenvalue weighted by atomic mass is 16.7. The van der Waals surface area contributed by atoms with Gasteiger partial charge < -0.3 is 19.1 Å². The van der Waals surface area contributed by atoms with Crippen molar-refractivity contribution in [1.29, 1.82) is 0 Å². The number of aryl methyl sites for hydroxylation is 1. The Morgan fingerprint density at radius 1 is 1.29 bits per heavy atom.